The number of rotatable bonds is 5. The molecule has 0 aromatic carbocycles. The normalized spacial score (nSPS) is 15.4. The van der Waals surface area contributed by atoms with E-state index in [2.05, 4.69) is 20.6 Å². The SMILES string of the molecule is CN=C(NCCc1ccc(Cl)nc1)NCC(=O)N1CCCCC1. The topological polar surface area (TPSA) is 69.6 Å². The number of likely N-dealkylation sites (tertiary alicyclic amines) is 1. The summed E-state index contributed by atoms with van der Waals surface area (Å²) >= 11 is 5.76. The van der Waals surface area contributed by atoms with E-state index in [-0.39, 0.29) is 12.5 Å². The van der Waals surface area contributed by atoms with Crippen molar-refractivity contribution in [1.29, 1.82) is 0 Å². The molecule has 1 aliphatic heterocycles. The Morgan fingerprint density at radius 1 is 1.30 bits per heavy atom. The third-order valence-electron chi connectivity index (χ3n) is 3.83. The fraction of sp³-hybridized carbons (Fsp3) is 0.562. The summed E-state index contributed by atoms with van der Waals surface area (Å²) in [6.07, 6.45) is 6.01. The predicted octanol–water partition coefficient (Wildman–Crippen LogP) is 1.45. The number of aromatic nitrogens is 1. The summed E-state index contributed by atoms with van der Waals surface area (Å²) in [5, 5.41) is 6.77. The Morgan fingerprint density at radius 3 is 2.74 bits per heavy atom. The Labute approximate surface area is 142 Å². The number of carbonyl (C=O) groups is 1. The van der Waals surface area contributed by atoms with Gasteiger partial charge in [-0.15, -0.1) is 0 Å². The monoisotopic (exact) mass is 337 g/mol. The average molecular weight is 338 g/mol. The molecule has 1 saturated heterocycles. The smallest absolute Gasteiger partial charge is 0.241 e. The molecule has 0 bridgehead atoms. The van der Waals surface area contributed by atoms with Gasteiger partial charge in [0.05, 0.1) is 6.54 Å². The van der Waals surface area contributed by atoms with Crippen LogP contribution in [0.15, 0.2) is 23.3 Å². The van der Waals surface area contributed by atoms with Gasteiger partial charge in [-0.05, 0) is 37.3 Å². The molecule has 2 rings (SSSR count). The predicted molar refractivity (Wildman–Crippen MR) is 92.7 cm³/mol. The summed E-state index contributed by atoms with van der Waals surface area (Å²) in [6, 6.07) is 3.73. The largest absolute Gasteiger partial charge is 0.356 e. The lowest BCUT2D eigenvalue weighted by Crippen LogP contribution is -2.46. The Balaban J connectivity index is 1.68. The van der Waals surface area contributed by atoms with Crippen LogP contribution in [0.2, 0.25) is 5.15 Å². The summed E-state index contributed by atoms with van der Waals surface area (Å²) in [7, 11) is 1.70. The first kappa shape index (κ1) is 17.5. The lowest BCUT2D eigenvalue weighted by Gasteiger charge is -2.27. The second kappa shape index (κ2) is 9.35. The second-order valence-corrected chi connectivity index (χ2v) is 5.92. The number of piperidine rings is 1. The number of hydrogen-bond donors (Lipinski definition) is 2. The van der Waals surface area contributed by atoms with Crippen molar-refractivity contribution in [2.24, 2.45) is 4.99 Å². The molecular formula is C16H24ClN5O. The van der Waals surface area contributed by atoms with Crippen molar-refractivity contribution in [2.75, 3.05) is 33.2 Å². The molecule has 0 saturated carbocycles. The molecule has 0 unspecified atom stereocenters. The summed E-state index contributed by atoms with van der Waals surface area (Å²) in [5.41, 5.74) is 1.10. The Morgan fingerprint density at radius 2 is 2.09 bits per heavy atom. The Hall–Kier alpha value is -1.82. The van der Waals surface area contributed by atoms with E-state index in [1.165, 1.54) is 6.42 Å². The van der Waals surface area contributed by atoms with Gasteiger partial charge in [0.1, 0.15) is 5.15 Å². The summed E-state index contributed by atoms with van der Waals surface area (Å²) < 4.78 is 0. The van der Waals surface area contributed by atoms with Gasteiger partial charge in [-0.3, -0.25) is 9.79 Å². The molecule has 1 aromatic rings. The van der Waals surface area contributed by atoms with E-state index in [4.69, 9.17) is 11.6 Å². The van der Waals surface area contributed by atoms with Gasteiger partial charge in [0, 0.05) is 32.9 Å². The molecule has 6 nitrogen and oxygen atoms in total. The number of amides is 1. The van der Waals surface area contributed by atoms with Crippen LogP contribution in [0.25, 0.3) is 0 Å². The molecule has 1 aromatic heterocycles. The van der Waals surface area contributed by atoms with Gasteiger partial charge in [-0.2, -0.15) is 0 Å². The number of nitrogens with one attached hydrogen (secondary N) is 2. The van der Waals surface area contributed by atoms with Crippen molar-refractivity contribution in [2.45, 2.75) is 25.7 Å². The third-order valence-corrected chi connectivity index (χ3v) is 4.06. The highest BCUT2D eigenvalue weighted by Gasteiger charge is 2.16. The highest BCUT2D eigenvalue weighted by Crippen LogP contribution is 2.08. The van der Waals surface area contributed by atoms with Crippen molar-refractivity contribution >= 4 is 23.5 Å². The molecule has 0 radical (unpaired) electrons. The quantitative estimate of drug-likeness (QED) is 0.485. The van der Waals surface area contributed by atoms with Gasteiger partial charge in [0.15, 0.2) is 5.96 Å². The number of aliphatic imine (C=N–C) groups is 1. The van der Waals surface area contributed by atoms with E-state index in [0.29, 0.717) is 17.7 Å². The number of guanidine groups is 1. The van der Waals surface area contributed by atoms with Crippen LogP contribution < -0.4 is 10.6 Å². The van der Waals surface area contributed by atoms with Crippen LogP contribution >= 0.6 is 11.6 Å². The summed E-state index contributed by atoms with van der Waals surface area (Å²) in [5.74, 6) is 0.770. The summed E-state index contributed by atoms with van der Waals surface area (Å²) in [6.45, 7) is 2.73. The molecular weight excluding hydrogens is 314 g/mol. The van der Waals surface area contributed by atoms with Crippen LogP contribution in [0.3, 0.4) is 0 Å². The maximum Gasteiger partial charge on any atom is 0.241 e. The van der Waals surface area contributed by atoms with Crippen molar-refractivity contribution < 1.29 is 4.79 Å². The van der Waals surface area contributed by atoms with E-state index in [9.17, 15) is 4.79 Å². The number of halogens is 1. The van der Waals surface area contributed by atoms with E-state index < -0.39 is 0 Å². The third kappa shape index (κ3) is 6.06. The number of nitrogens with zero attached hydrogens (tertiary/aromatic N) is 3. The van der Waals surface area contributed by atoms with Gasteiger partial charge < -0.3 is 15.5 Å². The lowest BCUT2D eigenvalue weighted by molar-refractivity contribution is -0.130. The molecule has 126 valence electrons. The fourth-order valence-corrected chi connectivity index (χ4v) is 2.63. The molecule has 0 atom stereocenters. The van der Waals surface area contributed by atoms with Gasteiger partial charge >= 0.3 is 0 Å². The highest BCUT2D eigenvalue weighted by atomic mass is 35.5. The minimum Gasteiger partial charge on any atom is -0.356 e. The minimum atomic E-state index is 0.134. The highest BCUT2D eigenvalue weighted by molar-refractivity contribution is 6.29. The Kier molecular flexibility index (Phi) is 7.13. The van der Waals surface area contributed by atoms with Crippen LogP contribution in [0.1, 0.15) is 24.8 Å². The average Bonchev–Trinajstić information content (AvgIpc) is 2.60. The first-order valence-corrected chi connectivity index (χ1v) is 8.39. The second-order valence-electron chi connectivity index (χ2n) is 5.53. The van der Waals surface area contributed by atoms with E-state index in [1.54, 1.807) is 19.3 Å². The molecule has 1 amide bonds. The minimum absolute atomic E-state index is 0.134. The fourth-order valence-electron chi connectivity index (χ4n) is 2.51. The van der Waals surface area contributed by atoms with Gasteiger partial charge in [0.25, 0.3) is 0 Å². The van der Waals surface area contributed by atoms with Crippen LogP contribution in [0, 0.1) is 0 Å². The number of pyridine rings is 1. The van der Waals surface area contributed by atoms with Crippen molar-refractivity contribution in [3.63, 3.8) is 0 Å². The zero-order valence-electron chi connectivity index (χ0n) is 13.5. The maximum atomic E-state index is 12.1. The standard InChI is InChI=1S/C16H24ClN5O/c1-18-16(19-8-7-13-5-6-14(17)20-11-13)21-12-15(23)22-9-3-2-4-10-22/h5-6,11H,2-4,7-10,12H2,1H3,(H2,18,19,21). The molecule has 2 N–H and O–H groups in total. The van der Waals surface area contributed by atoms with E-state index >= 15 is 0 Å². The van der Waals surface area contributed by atoms with Crippen LogP contribution in [0.4, 0.5) is 0 Å². The number of hydrogen-bond acceptors (Lipinski definition) is 3. The van der Waals surface area contributed by atoms with E-state index in [0.717, 1.165) is 37.9 Å². The first-order valence-electron chi connectivity index (χ1n) is 8.02. The molecule has 0 spiro atoms. The molecule has 1 fully saturated rings. The zero-order valence-corrected chi connectivity index (χ0v) is 14.3. The first-order chi connectivity index (χ1) is 11.2. The van der Waals surface area contributed by atoms with Crippen LogP contribution in [-0.4, -0.2) is 55.0 Å². The summed E-state index contributed by atoms with van der Waals surface area (Å²) in [4.78, 5) is 22.2. The molecule has 2 heterocycles. The van der Waals surface area contributed by atoms with Crippen LogP contribution in [0.5, 0.6) is 0 Å². The lowest BCUT2D eigenvalue weighted by atomic mass is 10.1. The molecule has 23 heavy (non-hydrogen) atoms. The van der Waals surface area contributed by atoms with Gasteiger partial charge in [-0.25, -0.2) is 4.98 Å². The molecule has 0 aliphatic carbocycles. The molecule has 7 heteroatoms. The maximum absolute atomic E-state index is 12.1. The Bertz CT molecular complexity index is 526. The van der Waals surface area contributed by atoms with Crippen molar-refractivity contribution in [3.05, 3.63) is 29.0 Å². The number of carbonyl (C=O) groups excluding carboxylic acids is 1. The van der Waals surface area contributed by atoms with Crippen LogP contribution in [-0.2, 0) is 11.2 Å². The zero-order chi connectivity index (χ0) is 16.5. The van der Waals surface area contributed by atoms with E-state index in [1.807, 2.05) is 11.0 Å². The molecule has 1 aliphatic rings. The van der Waals surface area contributed by atoms with Crippen molar-refractivity contribution in [3.8, 4) is 0 Å². The van der Waals surface area contributed by atoms with Gasteiger partial charge in [0.2, 0.25) is 5.91 Å². The van der Waals surface area contributed by atoms with Crippen molar-refractivity contribution in [1.82, 2.24) is 20.5 Å². The van der Waals surface area contributed by atoms with Gasteiger partial charge in [-0.1, -0.05) is 17.7 Å².